The highest BCUT2D eigenvalue weighted by atomic mass is 16.3. The minimum absolute atomic E-state index is 0.103. The second kappa shape index (κ2) is 6.17. The maximum absolute atomic E-state index is 9.48. The molecule has 17 heavy (non-hydrogen) atoms. The van der Waals surface area contributed by atoms with Gasteiger partial charge in [0, 0.05) is 12.1 Å². The standard InChI is InChI=1S/C14H30N2O/c1-5-12(15)13(10-17)16-8-6-11(7-9-16)14(2,3)4/h11-13,17H,5-10,15H2,1-4H3. The Kier molecular flexibility index (Phi) is 5.42. The monoisotopic (exact) mass is 242 g/mol. The third kappa shape index (κ3) is 3.94. The lowest BCUT2D eigenvalue weighted by molar-refractivity contribution is 0.0460. The smallest absolute Gasteiger partial charge is 0.0601 e. The Hall–Kier alpha value is -0.120. The fourth-order valence-electron chi connectivity index (χ4n) is 2.89. The van der Waals surface area contributed by atoms with Crippen molar-refractivity contribution in [1.82, 2.24) is 4.90 Å². The molecule has 1 aliphatic rings. The van der Waals surface area contributed by atoms with Crippen LogP contribution in [0.2, 0.25) is 0 Å². The van der Waals surface area contributed by atoms with Crippen LogP contribution in [0.3, 0.4) is 0 Å². The van der Waals surface area contributed by atoms with Gasteiger partial charge in [-0.3, -0.25) is 4.90 Å². The third-order valence-electron chi connectivity index (χ3n) is 4.38. The lowest BCUT2D eigenvalue weighted by atomic mass is 9.75. The van der Waals surface area contributed by atoms with Gasteiger partial charge in [0.2, 0.25) is 0 Å². The molecule has 0 saturated carbocycles. The maximum atomic E-state index is 9.48. The minimum atomic E-state index is 0.103. The predicted octanol–water partition coefficient (Wildman–Crippen LogP) is 1.84. The van der Waals surface area contributed by atoms with Gasteiger partial charge in [-0.15, -0.1) is 0 Å². The average molecular weight is 242 g/mol. The largest absolute Gasteiger partial charge is 0.395 e. The molecule has 0 aliphatic carbocycles. The van der Waals surface area contributed by atoms with E-state index in [-0.39, 0.29) is 18.7 Å². The first-order valence-corrected chi connectivity index (χ1v) is 7.00. The van der Waals surface area contributed by atoms with Crippen LogP contribution in [-0.4, -0.2) is 41.8 Å². The summed E-state index contributed by atoms with van der Waals surface area (Å²) in [7, 11) is 0. The van der Waals surface area contributed by atoms with Crippen molar-refractivity contribution in [3.8, 4) is 0 Å². The summed E-state index contributed by atoms with van der Waals surface area (Å²) < 4.78 is 0. The zero-order valence-electron chi connectivity index (χ0n) is 11.9. The van der Waals surface area contributed by atoms with Crippen molar-refractivity contribution in [1.29, 1.82) is 0 Å². The summed E-state index contributed by atoms with van der Waals surface area (Å²) >= 11 is 0. The number of hydrogen-bond donors (Lipinski definition) is 2. The summed E-state index contributed by atoms with van der Waals surface area (Å²) in [6.07, 6.45) is 3.40. The summed E-state index contributed by atoms with van der Waals surface area (Å²) in [6, 6.07) is 0.257. The van der Waals surface area contributed by atoms with E-state index in [1.807, 2.05) is 0 Å². The van der Waals surface area contributed by atoms with Gasteiger partial charge < -0.3 is 10.8 Å². The molecule has 3 nitrogen and oxygen atoms in total. The molecule has 1 aliphatic heterocycles. The van der Waals surface area contributed by atoms with E-state index in [0.717, 1.165) is 25.4 Å². The van der Waals surface area contributed by atoms with Gasteiger partial charge in [0.1, 0.15) is 0 Å². The van der Waals surface area contributed by atoms with E-state index in [1.165, 1.54) is 12.8 Å². The van der Waals surface area contributed by atoms with Crippen molar-refractivity contribution in [3.63, 3.8) is 0 Å². The van der Waals surface area contributed by atoms with Gasteiger partial charge in [0.25, 0.3) is 0 Å². The molecule has 0 aromatic carbocycles. The summed E-state index contributed by atoms with van der Waals surface area (Å²) in [5.74, 6) is 0.802. The van der Waals surface area contributed by atoms with Gasteiger partial charge in [0.05, 0.1) is 6.61 Å². The molecule has 0 radical (unpaired) electrons. The number of aliphatic hydroxyl groups is 1. The molecule has 1 heterocycles. The van der Waals surface area contributed by atoms with Crippen LogP contribution in [-0.2, 0) is 0 Å². The van der Waals surface area contributed by atoms with Gasteiger partial charge in [-0.2, -0.15) is 0 Å². The Morgan fingerprint density at radius 2 is 1.82 bits per heavy atom. The van der Waals surface area contributed by atoms with E-state index >= 15 is 0 Å². The zero-order valence-corrected chi connectivity index (χ0v) is 11.9. The van der Waals surface area contributed by atoms with Crippen LogP contribution in [0.15, 0.2) is 0 Å². The lowest BCUT2D eigenvalue weighted by Crippen LogP contribution is -2.53. The predicted molar refractivity (Wildman–Crippen MR) is 72.9 cm³/mol. The molecule has 0 spiro atoms. The number of aliphatic hydroxyl groups excluding tert-OH is 1. The summed E-state index contributed by atoms with van der Waals surface area (Å²) in [4.78, 5) is 2.39. The number of piperidine rings is 1. The number of rotatable bonds is 4. The fraction of sp³-hybridized carbons (Fsp3) is 1.00. The molecule has 1 rings (SSSR count). The molecule has 1 fully saturated rings. The van der Waals surface area contributed by atoms with Gasteiger partial charge in [-0.05, 0) is 43.7 Å². The van der Waals surface area contributed by atoms with Crippen molar-refractivity contribution in [2.24, 2.45) is 17.1 Å². The second-order valence-corrected chi connectivity index (χ2v) is 6.50. The van der Waals surface area contributed by atoms with Crippen LogP contribution < -0.4 is 5.73 Å². The zero-order chi connectivity index (χ0) is 13.1. The number of likely N-dealkylation sites (tertiary alicyclic amines) is 1. The maximum Gasteiger partial charge on any atom is 0.0601 e. The first kappa shape index (κ1) is 14.9. The Bertz CT molecular complexity index is 217. The number of nitrogens with two attached hydrogens (primary N) is 1. The Labute approximate surface area is 106 Å². The summed E-state index contributed by atoms with van der Waals surface area (Å²) in [6.45, 7) is 11.4. The molecule has 0 amide bonds. The van der Waals surface area contributed by atoms with E-state index in [0.29, 0.717) is 5.41 Å². The molecule has 0 aromatic heterocycles. The normalized spacial score (nSPS) is 23.6. The van der Waals surface area contributed by atoms with Gasteiger partial charge >= 0.3 is 0 Å². The fourth-order valence-corrected chi connectivity index (χ4v) is 2.89. The van der Waals surface area contributed by atoms with Gasteiger partial charge in [0.15, 0.2) is 0 Å². The molecule has 0 bridgehead atoms. The highest BCUT2D eigenvalue weighted by molar-refractivity contribution is 4.87. The van der Waals surface area contributed by atoms with Crippen molar-refractivity contribution in [2.75, 3.05) is 19.7 Å². The summed E-state index contributed by atoms with van der Waals surface area (Å²) in [5, 5.41) is 9.48. The molecule has 2 atom stereocenters. The third-order valence-corrected chi connectivity index (χ3v) is 4.38. The van der Waals surface area contributed by atoms with E-state index in [2.05, 4.69) is 32.6 Å². The van der Waals surface area contributed by atoms with Crippen LogP contribution in [0.5, 0.6) is 0 Å². The van der Waals surface area contributed by atoms with E-state index in [9.17, 15) is 5.11 Å². The van der Waals surface area contributed by atoms with Gasteiger partial charge in [-0.25, -0.2) is 0 Å². The Morgan fingerprint density at radius 1 is 1.29 bits per heavy atom. The van der Waals surface area contributed by atoms with Crippen LogP contribution in [0.4, 0.5) is 0 Å². The number of nitrogens with zero attached hydrogens (tertiary/aromatic N) is 1. The molecule has 2 unspecified atom stereocenters. The second-order valence-electron chi connectivity index (χ2n) is 6.50. The molecular weight excluding hydrogens is 212 g/mol. The Morgan fingerprint density at radius 3 is 2.18 bits per heavy atom. The molecular formula is C14H30N2O. The topological polar surface area (TPSA) is 49.5 Å². The SMILES string of the molecule is CCC(N)C(CO)N1CCC(C(C)(C)C)CC1. The molecule has 3 N–H and O–H groups in total. The highest BCUT2D eigenvalue weighted by Gasteiger charge is 2.32. The molecule has 102 valence electrons. The van der Waals surface area contributed by atoms with Crippen LogP contribution in [0.1, 0.15) is 47.0 Å². The van der Waals surface area contributed by atoms with Crippen LogP contribution >= 0.6 is 0 Å². The van der Waals surface area contributed by atoms with Crippen LogP contribution in [0.25, 0.3) is 0 Å². The molecule has 1 saturated heterocycles. The highest BCUT2D eigenvalue weighted by Crippen LogP contribution is 2.34. The number of hydrogen-bond acceptors (Lipinski definition) is 3. The quantitative estimate of drug-likeness (QED) is 0.791. The first-order chi connectivity index (χ1) is 7.90. The summed E-state index contributed by atoms with van der Waals surface area (Å²) in [5.41, 5.74) is 6.49. The van der Waals surface area contributed by atoms with Crippen molar-refractivity contribution < 1.29 is 5.11 Å². The van der Waals surface area contributed by atoms with Crippen molar-refractivity contribution >= 4 is 0 Å². The van der Waals surface area contributed by atoms with Crippen molar-refractivity contribution in [2.45, 2.75) is 59.0 Å². The molecule has 0 aromatic rings. The van der Waals surface area contributed by atoms with E-state index in [4.69, 9.17) is 5.73 Å². The average Bonchev–Trinajstić information content (AvgIpc) is 2.29. The van der Waals surface area contributed by atoms with Gasteiger partial charge in [-0.1, -0.05) is 27.7 Å². The molecule has 3 heteroatoms. The Balaban J connectivity index is 2.50. The van der Waals surface area contributed by atoms with E-state index < -0.39 is 0 Å². The van der Waals surface area contributed by atoms with Crippen molar-refractivity contribution in [3.05, 3.63) is 0 Å². The lowest BCUT2D eigenvalue weighted by Gasteiger charge is -2.42. The van der Waals surface area contributed by atoms with Crippen LogP contribution in [0, 0.1) is 11.3 Å². The minimum Gasteiger partial charge on any atom is -0.395 e. The van der Waals surface area contributed by atoms with E-state index in [1.54, 1.807) is 0 Å². The first-order valence-electron chi connectivity index (χ1n) is 7.00.